The first-order valence-electron chi connectivity index (χ1n) is 6.49. The van der Waals surface area contributed by atoms with Gasteiger partial charge >= 0.3 is 0 Å². The van der Waals surface area contributed by atoms with Crippen LogP contribution in [0.3, 0.4) is 0 Å². The van der Waals surface area contributed by atoms with E-state index in [1.807, 2.05) is 12.4 Å². The van der Waals surface area contributed by atoms with Gasteiger partial charge in [-0.05, 0) is 18.8 Å². The predicted molar refractivity (Wildman–Crippen MR) is 64.2 cm³/mol. The predicted octanol–water partition coefficient (Wildman–Crippen LogP) is 2.39. The summed E-state index contributed by atoms with van der Waals surface area (Å²) >= 11 is 0. The lowest BCUT2D eigenvalue weighted by molar-refractivity contribution is 0.0689. The zero-order valence-corrected chi connectivity index (χ0v) is 10.1. The number of nitrogens with zero attached hydrogens (tertiary/aromatic N) is 2. The van der Waals surface area contributed by atoms with Crippen molar-refractivity contribution in [3.8, 4) is 0 Å². The molecule has 16 heavy (non-hydrogen) atoms. The summed E-state index contributed by atoms with van der Waals surface area (Å²) in [5, 5.41) is 10.2. The van der Waals surface area contributed by atoms with Crippen LogP contribution < -0.4 is 0 Å². The zero-order chi connectivity index (χ0) is 11.4. The van der Waals surface area contributed by atoms with Crippen LogP contribution >= 0.6 is 0 Å². The van der Waals surface area contributed by atoms with Gasteiger partial charge in [0, 0.05) is 18.8 Å². The van der Waals surface area contributed by atoms with E-state index in [4.69, 9.17) is 0 Å². The standard InChI is InChI=1S/C13H22N2O/c1-2-13-14-8-9-15(13)10-12(16)11-6-4-3-5-7-11/h8-9,11-12,16H,2-7,10H2,1H3. The molecular formula is C13H22N2O. The summed E-state index contributed by atoms with van der Waals surface area (Å²) in [6, 6.07) is 0. The van der Waals surface area contributed by atoms with Gasteiger partial charge in [-0.3, -0.25) is 0 Å². The Hall–Kier alpha value is -0.830. The normalized spacial score (nSPS) is 19.9. The minimum atomic E-state index is -0.195. The van der Waals surface area contributed by atoms with E-state index < -0.39 is 0 Å². The minimum absolute atomic E-state index is 0.195. The van der Waals surface area contributed by atoms with Crippen molar-refractivity contribution in [2.45, 2.75) is 58.1 Å². The SMILES string of the molecule is CCc1nccn1CC(O)C1CCCCC1. The fourth-order valence-electron chi connectivity index (χ4n) is 2.69. The smallest absolute Gasteiger partial charge is 0.108 e. The van der Waals surface area contributed by atoms with E-state index in [1.54, 1.807) is 0 Å². The Morgan fingerprint density at radius 1 is 1.44 bits per heavy atom. The molecule has 0 radical (unpaired) electrons. The summed E-state index contributed by atoms with van der Waals surface area (Å²) in [5.41, 5.74) is 0. The quantitative estimate of drug-likeness (QED) is 0.849. The first-order chi connectivity index (χ1) is 7.81. The Kier molecular flexibility index (Phi) is 3.99. The van der Waals surface area contributed by atoms with Crippen molar-refractivity contribution in [3.05, 3.63) is 18.2 Å². The van der Waals surface area contributed by atoms with Crippen LogP contribution in [0.1, 0.15) is 44.9 Å². The summed E-state index contributed by atoms with van der Waals surface area (Å²) in [5.74, 6) is 1.58. The molecule has 1 aliphatic rings. The monoisotopic (exact) mass is 222 g/mol. The number of aliphatic hydroxyl groups excluding tert-OH is 1. The Morgan fingerprint density at radius 3 is 2.88 bits per heavy atom. The third-order valence-electron chi connectivity index (χ3n) is 3.70. The number of aromatic nitrogens is 2. The van der Waals surface area contributed by atoms with Crippen molar-refractivity contribution in [2.24, 2.45) is 5.92 Å². The molecule has 1 atom stereocenters. The molecule has 1 aromatic heterocycles. The van der Waals surface area contributed by atoms with Gasteiger partial charge < -0.3 is 9.67 Å². The van der Waals surface area contributed by atoms with Crippen LogP contribution in [-0.4, -0.2) is 20.8 Å². The highest BCUT2D eigenvalue weighted by molar-refractivity contribution is 4.92. The van der Waals surface area contributed by atoms with Crippen LogP contribution in [0.5, 0.6) is 0 Å². The third kappa shape index (κ3) is 2.64. The average Bonchev–Trinajstić information content (AvgIpc) is 2.77. The molecule has 0 saturated heterocycles. The lowest BCUT2D eigenvalue weighted by atomic mass is 9.85. The Balaban J connectivity index is 1.93. The fraction of sp³-hybridized carbons (Fsp3) is 0.769. The number of imidazole rings is 1. The van der Waals surface area contributed by atoms with Crippen LogP contribution in [0, 0.1) is 5.92 Å². The van der Waals surface area contributed by atoms with E-state index in [1.165, 1.54) is 32.1 Å². The third-order valence-corrected chi connectivity index (χ3v) is 3.70. The van der Waals surface area contributed by atoms with Crippen molar-refractivity contribution in [1.82, 2.24) is 9.55 Å². The molecule has 0 aromatic carbocycles. The summed E-state index contributed by atoms with van der Waals surface area (Å²) in [4.78, 5) is 4.28. The molecule has 1 unspecified atom stereocenters. The van der Waals surface area contributed by atoms with Crippen LogP contribution in [0.25, 0.3) is 0 Å². The van der Waals surface area contributed by atoms with E-state index >= 15 is 0 Å². The van der Waals surface area contributed by atoms with Crippen LogP contribution in [0.15, 0.2) is 12.4 Å². The Bertz CT molecular complexity index is 315. The second-order valence-electron chi connectivity index (χ2n) is 4.81. The molecule has 0 spiro atoms. The Morgan fingerprint density at radius 2 is 2.19 bits per heavy atom. The summed E-state index contributed by atoms with van der Waals surface area (Å²) in [6.45, 7) is 2.82. The molecule has 2 rings (SSSR count). The number of aryl methyl sites for hydroxylation is 1. The van der Waals surface area contributed by atoms with Gasteiger partial charge in [-0.25, -0.2) is 4.98 Å². The van der Waals surface area contributed by atoms with Gasteiger partial charge in [0.1, 0.15) is 5.82 Å². The number of hydrogen-bond donors (Lipinski definition) is 1. The molecule has 1 aromatic rings. The summed E-state index contributed by atoms with van der Waals surface area (Å²) in [6.07, 6.45) is 10.8. The average molecular weight is 222 g/mol. The first-order valence-corrected chi connectivity index (χ1v) is 6.49. The van der Waals surface area contributed by atoms with E-state index in [0.717, 1.165) is 12.2 Å². The second-order valence-corrected chi connectivity index (χ2v) is 4.81. The van der Waals surface area contributed by atoms with Gasteiger partial charge in [-0.15, -0.1) is 0 Å². The van der Waals surface area contributed by atoms with Crippen molar-refractivity contribution in [3.63, 3.8) is 0 Å². The van der Waals surface area contributed by atoms with Gasteiger partial charge in [0.25, 0.3) is 0 Å². The second kappa shape index (κ2) is 5.48. The van der Waals surface area contributed by atoms with Gasteiger partial charge in [-0.1, -0.05) is 26.2 Å². The van der Waals surface area contributed by atoms with Gasteiger partial charge in [0.2, 0.25) is 0 Å². The Labute approximate surface area is 97.5 Å². The van der Waals surface area contributed by atoms with Crippen molar-refractivity contribution < 1.29 is 5.11 Å². The van der Waals surface area contributed by atoms with Gasteiger partial charge in [0.15, 0.2) is 0 Å². The molecule has 90 valence electrons. The molecule has 0 aliphatic heterocycles. The highest BCUT2D eigenvalue weighted by Gasteiger charge is 2.22. The van der Waals surface area contributed by atoms with E-state index in [9.17, 15) is 5.11 Å². The maximum Gasteiger partial charge on any atom is 0.108 e. The van der Waals surface area contributed by atoms with Crippen LogP contribution in [0.2, 0.25) is 0 Å². The lowest BCUT2D eigenvalue weighted by Gasteiger charge is -2.27. The van der Waals surface area contributed by atoms with E-state index in [2.05, 4.69) is 16.5 Å². The van der Waals surface area contributed by atoms with E-state index in [-0.39, 0.29) is 6.10 Å². The summed E-state index contributed by atoms with van der Waals surface area (Å²) < 4.78 is 2.10. The largest absolute Gasteiger partial charge is 0.391 e. The van der Waals surface area contributed by atoms with Gasteiger partial charge in [-0.2, -0.15) is 0 Å². The summed E-state index contributed by atoms with van der Waals surface area (Å²) in [7, 11) is 0. The minimum Gasteiger partial charge on any atom is -0.391 e. The van der Waals surface area contributed by atoms with Crippen LogP contribution in [-0.2, 0) is 13.0 Å². The van der Waals surface area contributed by atoms with Gasteiger partial charge in [0.05, 0.1) is 12.6 Å². The maximum atomic E-state index is 10.2. The molecule has 1 fully saturated rings. The number of aliphatic hydroxyl groups is 1. The number of hydrogen-bond acceptors (Lipinski definition) is 2. The molecule has 3 heteroatoms. The number of rotatable bonds is 4. The highest BCUT2D eigenvalue weighted by atomic mass is 16.3. The first kappa shape index (κ1) is 11.6. The molecule has 1 saturated carbocycles. The highest BCUT2D eigenvalue weighted by Crippen LogP contribution is 2.27. The topological polar surface area (TPSA) is 38.0 Å². The zero-order valence-electron chi connectivity index (χ0n) is 10.1. The van der Waals surface area contributed by atoms with Crippen molar-refractivity contribution in [2.75, 3.05) is 0 Å². The molecule has 1 aliphatic carbocycles. The van der Waals surface area contributed by atoms with Crippen molar-refractivity contribution >= 4 is 0 Å². The molecule has 1 N–H and O–H groups in total. The lowest BCUT2D eigenvalue weighted by Crippen LogP contribution is -2.28. The molecule has 1 heterocycles. The molecular weight excluding hydrogens is 200 g/mol. The maximum absolute atomic E-state index is 10.2. The van der Waals surface area contributed by atoms with Crippen LogP contribution in [0.4, 0.5) is 0 Å². The fourth-order valence-corrected chi connectivity index (χ4v) is 2.69. The molecule has 0 amide bonds. The van der Waals surface area contributed by atoms with Crippen molar-refractivity contribution in [1.29, 1.82) is 0 Å². The molecule has 3 nitrogen and oxygen atoms in total. The van der Waals surface area contributed by atoms with E-state index in [0.29, 0.717) is 12.5 Å². The molecule has 0 bridgehead atoms.